The number of aliphatic hydroxyl groups excluding tert-OH is 9. The van der Waals surface area contributed by atoms with Gasteiger partial charge in [-0.15, -0.1) is 0 Å². The summed E-state index contributed by atoms with van der Waals surface area (Å²) in [5.41, 5.74) is -1.05. The molecule has 15 atom stereocenters. The topological polar surface area (TPSA) is 364 Å². The van der Waals surface area contributed by atoms with E-state index >= 15 is 0 Å². The maximum absolute atomic E-state index is 14.5. The summed E-state index contributed by atoms with van der Waals surface area (Å²) in [7, 11) is 1.33. The predicted octanol–water partition coefficient (Wildman–Crippen LogP) is -1.94. The lowest BCUT2D eigenvalue weighted by Gasteiger charge is -2.45. The highest BCUT2D eigenvalue weighted by Crippen LogP contribution is 2.40. The van der Waals surface area contributed by atoms with E-state index in [1.165, 1.54) is 62.6 Å². The summed E-state index contributed by atoms with van der Waals surface area (Å²) in [6, 6.07) is 11.3. The molecule has 3 fully saturated rings. The zero-order valence-electron chi connectivity index (χ0n) is 34.8. The molecule has 3 saturated heterocycles. The average molecular weight is 933 g/mol. The number of hydrogen-bond donors (Lipinski definition) is 12. The van der Waals surface area contributed by atoms with E-state index in [0.29, 0.717) is 5.56 Å². The first-order chi connectivity index (χ1) is 31.4. The van der Waals surface area contributed by atoms with Crippen molar-refractivity contribution in [3.05, 3.63) is 76.5 Å². The van der Waals surface area contributed by atoms with Crippen LogP contribution >= 0.6 is 0 Å². The van der Waals surface area contributed by atoms with Crippen LogP contribution in [0.3, 0.4) is 0 Å². The molecule has 3 aromatic carbocycles. The van der Waals surface area contributed by atoms with Crippen LogP contribution in [-0.4, -0.2) is 180 Å². The number of esters is 1. The second kappa shape index (κ2) is 20.1. The fourth-order valence-electron chi connectivity index (χ4n) is 7.47. The van der Waals surface area contributed by atoms with Gasteiger partial charge in [0, 0.05) is 23.8 Å². The van der Waals surface area contributed by atoms with Crippen LogP contribution in [0.4, 0.5) is 0 Å². The lowest BCUT2D eigenvalue weighted by Crippen LogP contribution is -2.64. The van der Waals surface area contributed by atoms with E-state index in [0.717, 1.165) is 18.2 Å². The van der Waals surface area contributed by atoms with Gasteiger partial charge in [0.1, 0.15) is 83.2 Å². The van der Waals surface area contributed by atoms with E-state index in [1.807, 2.05) is 0 Å². The Morgan fingerprint density at radius 1 is 0.697 bits per heavy atom. The fourth-order valence-corrected chi connectivity index (χ4v) is 7.47. The second-order valence-corrected chi connectivity index (χ2v) is 15.5. The number of methoxy groups -OCH3 is 1. The Labute approximate surface area is 372 Å². The SMILES string of the molecule is COc1cc(C=CC(=O)OC2C(Oc3cc(O)c4c(=O)c(OC5OC(CO)C(O)C(O)C5OC5OC(C)C(O)C(O)C5O)c(-c5ccc(O)cc5)oc4c3)OC(CO)C(O)C2O)ccc1O. The first kappa shape index (κ1) is 48.3. The third-order valence-electron chi connectivity index (χ3n) is 11.1. The number of phenols is 3. The van der Waals surface area contributed by atoms with Crippen molar-refractivity contribution in [2.45, 2.75) is 99.0 Å². The molecule has 0 bridgehead atoms. The Balaban J connectivity index is 1.24. The molecule has 23 nitrogen and oxygen atoms in total. The van der Waals surface area contributed by atoms with Gasteiger partial charge >= 0.3 is 5.97 Å². The fraction of sp³-hybridized carbons (Fsp3) is 0.442. The predicted molar refractivity (Wildman–Crippen MR) is 219 cm³/mol. The molecule has 3 aliphatic rings. The Bertz CT molecular complexity index is 2420. The van der Waals surface area contributed by atoms with Gasteiger partial charge in [0.2, 0.25) is 23.8 Å². The van der Waals surface area contributed by atoms with Crippen LogP contribution in [0.25, 0.3) is 28.4 Å². The highest BCUT2D eigenvalue weighted by Gasteiger charge is 2.52. The molecule has 3 aliphatic heterocycles. The van der Waals surface area contributed by atoms with Crippen LogP contribution in [0.1, 0.15) is 12.5 Å². The van der Waals surface area contributed by atoms with Crippen molar-refractivity contribution in [1.29, 1.82) is 0 Å². The van der Waals surface area contributed by atoms with Crippen molar-refractivity contribution >= 4 is 23.0 Å². The summed E-state index contributed by atoms with van der Waals surface area (Å²) >= 11 is 0. The smallest absolute Gasteiger partial charge is 0.331 e. The number of aliphatic hydroxyl groups is 9. The molecule has 4 aromatic rings. The molecule has 12 N–H and O–H groups in total. The molecule has 358 valence electrons. The van der Waals surface area contributed by atoms with Gasteiger partial charge in [0.05, 0.1) is 26.4 Å². The molecule has 0 saturated carbocycles. The number of phenolic OH excluding ortho intramolecular Hbond substituents is 3. The van der Waals surface area contributed by atoms with Gasteiger partial charge in [0.25, 0.3) is 0 Å². The maximum Gasteiger partial charge on any atom is 0.331 e. The molecule has 4 heterocycles. The highest BCUT2D eigenvalue weighted by molar-refractivity contribution is 5.89. The van der Waals surface area contributed by atoms with Gasteiger partial charge in [-0.05, 0) is 55.0 Å². The highest BCUT2D eigenvalue weighted by atomic mass is 16.8. The first-order valence-corrected chi connectivity index (χ1v) is 20.3. The lowest BCUT2D eigenvalue weighted by atomic mass is 9.97. The van der Waals surface area contributed by atoms with Crippen LogP contribution in [0.2, 0.25) is 0 Å². The van der Waals surface area contributed by atoms with Crippen LogP contribution in [0, 0.1) is 0 Å². The summed E-state index contributed by atoms with van der Waals surface area (Å²) in [6.45, 7) is -0.362. The zero-order chi connectivity index (χ0) is 47.7. The number of ether oxygens (including phenoxy) is 8. The minimum atomic E-state index is -1.98. The van der Waals surface area contributed by atoms with Crippen molar-refractivity contribution in [1.82, 2.24) is 0 Å². The third kappa shape index (κ3) is 9.75. The van der Waals surface area contributed by atoms with Gasteiger partial charge in [0.15, 0.2) is 35.8 Å². The van der Waals surface area contributed by atoms with Crippen molar-refractivity contribution in [3.63, 3.8) is 0 Å². The van der Waals surface area contributed by atoms with Crippen molar-refractivity contribution in [2.75, 3.05) is 20.3 Å². The molecule has 0 amide bonds. The number of rotatable bonds is 13. The van der Waals surface area contributed by atoms with E-state index in [9.17, 15) is 70.9 Å². The average Bonchev–Trinajstić information content (AvgIpc) is 3.29. The molecule has 15 unspecified atom stereocenters. The summed E-state index contributed by atoms with van der Waals surface area (Å²) < 4.78 is 51.3. The molecule has 0 radical (unpaired) electrons. The largest absolute Gasteiger partial charge is 0.508 e. The number of carbonyl (C=O) groups is 1. The van der Waals surface area contributed by atoms with Crippen LogP contribution in [0.5, 0.6) is 34.5 Å². The lowest BCUT2D eigenvalue weighted by molar-refractivity contribution is -0.354. The van der Waals surface area contributed by atoms with Crippen molar-refractivity contribution < 1.29 is 108 Å². The summed E-state index contributed by atoms with van der Waals surface area (Å²) in [4.78, 5) is 27.5. The van der Waals surface area contributed by atoms with E-state index in [2.05, 4.69) is 0 Å². The van der Waals surface area contributed by atoms with Crippen LogP contribution < -0.4 is 19.6 Å². The zero-order valence-corrected chi connectivity index (χ0v) is 34.8. The Morgan fingerprint density at radius 2 is 1.33 bits per heavy atom. The second-order valence-electron chi connectivity index (χ2n) is 15.5. The van der Waals surface area contributed by atoms with Gasteiger partial charge < -0.3 is 104 Å². The van der Waals surface area contributed by atoms with Gasteiger partial charge in [-0.25, -0.2) is 4.79 Å². The van der Waals surface area contributed by atoms with Gasteiger partial charge in [-0.1, -0.05) is 6.07 Å². The minimum absolute atomic E-state index is 0.0569. The summed E-state index contributed by atoms with van der Waals surface area (Å²) in [5.74, 6) is -3.61. The third-order valence-corrected chi connectivity index (χ3v) is 11.1. The van der Waals surface area contributed by atoms with Crippen LogP contribution in [-0.2, 0) is 28.5 Å². The van der Waals surface area contributed by atoms with Gasteiger partial charge in [-0.3, -0.25) is 4.79 Å². The number of aromatic hydroxyl groups is 3. The van der Waals surface area contributed by atoms with Crippen molar-refractivity contribution in [3.8, 4) is 45.8 Å². The number of fused-ring (bicyclic) bond motifs is 1. The molecule has 0 spiro atoms. The summed E-state index contributed by atoms with van der Waals surface area (Å²) in [5, 5.41) is 126. The normalized spacial score (nSPS) is 32.6. The summed E-state index contributed by atoms with van der Waals surface area (Å²) in [6.07, 6.45) is -23.8. The molecular formula is C43H48O23. The Morgan fingerprint density at radius 3 is 1.97 bits per heavy atom. The molecule has 66 heavy (non-hydrogen) atoms. The maximum atomic E-state index is 14.5. The monoisotopic (exact) mass is 932 g/mol. The standard InChI is InChI=1S/C43H48O23/c1-16-29(50)33(54)36(57)41(59-16)66-40-35(56)31(52)26(15-45)63-43(40)65-38-32(53)28-22(48)12-20(13-24(28)61-37(38)18-5-7-19(46)8-6-18)60-42-39(34(55)30(51)25(14-44)62-42)64-27(49)10-4-17-3-9-21(47)23(11-17)58-2/h3-13,16,25-26,29-31,33-36,39-48,50-52,54-57H,14-15H2,1-2H3. The van der Waals surface area contributed by atoms with Crippen molar-refractivity contribution in [2.24, 2.45) is 0 Å². The molecular weight excluding hydrogens is 884 g/mol. The molecule has 1 aromatic heterocycles. The Hall–Kier alpha value is -5.64. The first-order valence-electron chi connectivity index (χ1n) is 20.3. The van der Waals surface area contributed by atoms with E-state index in [4.69, 9.17) is 42.3 Å². The molecule has 0 aliphatic carbocycles. The van der Waals surface area contributed by atoms with E-state index < -0.39 is 145 Å². The Kier molecular flexibility index (Phi) is 14.7. The van der Waals surface area contributed by atoms with Crippen LogP contribution in [0.15, 0.2) is 69.9 Å². The number of benzene rings is 3. The molecule has 23 heteroatoms. The van der Waals surface area contributed by atoms with E-state index in [1.54, 1.807) is 0 Å². The molecule has 7 rings (SSSR count). The number of hydrogen-bond acceptors (Lipinski definition) is 23. The minimum Gasteiger partial charge on any atom is -0.508 e. The number of carbonyl (C=O) groups excluding carboxylic acids is 1. The quantitative estimate of drug-likeness (QED) is 0.0512. The van der Waals surface area contributed by atoms with Gasteiger partial charge in [-0.2, -0.15) is 0 Å². The van der Waals surface area contributed by atoms with E-state index in [-0.39, 0.29) is 28.6 Å².